The summed E-state index contributed by atoms with van der Waals surface area (Å²) in [5.41, 5.74) is 1.59. The van der Waals surface area contributed by atoms with Gasteiger partial charge in [-0.15, -0.1) is 0 Å². The van der Waals surface area contributed by atoms with Gasteiger partial charge in [0.25, 0.3) is 11.1 Å². The molecular weight excluding hydrogens is 354 g/mol. The van der Waals surface area contributed by atoms with Crippen LogP contribution in [0.5, 0.6) is 0 Å². The number of nitrogens with zero attached hydrogens (tertiary/aromatic N) is 3. The Hall–Kier alpha value is -3.05. The van der Waals surface area contributed by atoms with E-state index in [0.717, 1.165) is 33.1 Å². The Labute approximate surface area is 153 Å². The lowest BCUT2D eigenvalue weighted by Gasteiger charge is -2.18. The standard InChI is InChI=1S/C18H15N3O4S/c1-11(17(23)25-2)21-16(22)15(26-18(21)24)9-12-10-20(8-7-19)14-6-4-3-5-13(12)14/h3-6,9-11H,8H2,1-2H3/b15-9+/t11-/m0/s1. The molecule has 7 nitrogen and oxygen atoms in total. The van der Waals surface area contributed by atoms with Crippen LogP contribution in [0.3, 0.4) is 0 Å². The number of hydrogen-bond donors (Lipinski definition) is 0. The van der Waals surface area contributed by atoms with Gasteiger partial charge < -0.3 is 9.30 Å². The highest BCUT2D eigenvalue weighted by Crippen LogP contribution is 2.35. The third-order valence-electron chi connectivity index (χ3n) is 4.10. The van der Waals surface area contributed by atoms with Crippen molar-refractivity contribution in [1.29, 1.82) is 5.26 Å². The normalized spacial score (nSPS) is 17.0. The fourth-order valence-corrected chi connectivity index (χ4v) is 3.73. The number of imide groups is 1. The average molecular weight is 369 g/mol. The van der Waals surface area contributed by atoms with Crippen LogP contribution in [0.4, 0.5) is 4.79 Å². The molecule has 0 spiro atoms. The summed E-state index contributed by atoms with van der Waals surface area (Å²) in [6, 6.07) is 8.61. The lowest BCUT2D eigenvalue weighted by atomic mass is 10.1. The summed E-state index contributed by atoms with van der Waals surface area (Å²) in [5, 5.41) is 9.34. The highest BCUT2D eigenvalue weighted by atomic mass is 32.2. The smallest absolute Gasteiger partial charge is 0.328 e. The van der Waals surface area contributed by atoms with Gasteiger partial charge in [-0.05, 0) is 30.8 Å². The van der Waals surface area contributed by atoms with Gasteiger partial charge in [-0.3, -0.25) is 14.5 Å². The lowest BCUT2D eigenvalue weighted by molar-refractivity contribution is -0.148. The monoisotopic (exact) mass is 369 g/mol. The first-order valence-corrected chi connectivity index (χ1v) is 8.59. The van der Waals surface area contributed by atoms with E-state index in [9.17, 15) is 14.4 Å². The minimum absolute atomic E-state index is 0.176. The minimum atomic E-state index is -0.988. The van der Waals surface area contributed by atoms with Crippen molar-refractivity contribution in [1.82, 2.24) is 9.47 Å². The maximum atomic E-state index is 12.6. The molecule has 0 radical (unpaired) electrons. The molecule has 3 rings (SSSR count). The van der Waals surface area contributed by atoms with Gasteiger partial charge in [0, 0.05) is 22.7 Å². The number of ether oxygens (including phenoxy) is 1. The van der Waals surface area contributed by atoms with Crippen LogP contribution < -0.4 is 0 Å². The predicted octanol–water partition coefficient (Wildman–Crippen LogP) is 2.76. The van der Waals surface area contributed by atoms with Gasteiger partial charge in [0.05, 0.1) is 18.1 Å². The van der Waals surface area contributed by atoms with E-state index in [0.29, 0.717) is 0 Å². The number of nitriles is 1. The van der Waals surface area contributed by atoms with E-state index in [1.807, 2.05) is 24.3 Å². The molecular formula is C18H15N3O4S. The number of benzene rings is 1. The highest BCUT2D eigenvalue weighted by molar-refractivity contribution is 8.18. The second-order valence-corrected chi connectivity index (χ2v) is 6.63. The zero-order valence-corrected chi connectivity index (χ0v) is 14.9. The van der Waals surface area contributed by atoms with E-state index in [2.05, 4.69) is 10.8 Å². The number of para-hydroxylation sites is 1. The van der Waals surface area contributed by atoms with Crippen LogP contribution in [0, 0.1) is 11.3 Å². The van der Waals surface area contributed by atoms with E-state index in [1.54, 1.807) is 16.8 Å². The summed E-state index contributed by atoms with van der Waals surface area (Å²) in [6.45, 7) is 1.62. The number of amides is 2. The number of fused-ring (bicyclic) bond motifs is 1. The van der Waals surface area contributed by atoms with E-state index < -0.39 is 23.2 Å². The Morgan fingerprint density at radius 2 is 2.12 bits per heavy atom. The van der Waals surface area contributed by atoms with Crippen molar-refractivity contribution in [2.75, 3.05) is 7.11 Å². The van der Waals surface area contributed by atoms with Crippen LogP contribution in [0.25, 0.3) is 17.0 Å². The first kappa shape index (κ1) is 17.8. The van der Waals surface area contributed by atoms with Crippen molar-refractivity contribution in [3.8, 4) is 6.07 Å². The van der Waals surface area contributed by atoms with Crippen LogP contribution in [-0.2, 0) is 20.9 Å². The molecule has 0 N–H and O–H groups in total. The molecule has 1 aliphatic rings. The maximum absolute atomic E-state index is 12.6. The number of thioether (sulfide) groups is 1. The van der Waals surface area contributed by atoms with Gasteiger partial charge in [-0.1, -0.05) is 18.2 Å². The lowest BCUT2D eigenvalue weighted by Crippen LogP contribution is -2.42. The van der Waals surface area contributed by atoms with Crippen LogP contribution in [-0.4, -0.2) is 39.7 Å². The number of hydrogen-bond acceptors (Lipinski definition) is 6. The molecule has 0 bridgehead atoms. The maximum Gasteiger partial charge on any atom is 0.328 e. The third kappa shape index (κ3) is 2.97. The van der Waals surface area contributed by atoms with Crippen LogP contribution >= 0.6 is 11.8 Å². The molecule has 26 heavy (non-hydrogen) atoms. The number of methoxy groups -OCH3 is 1. The molecule has 0 aliphatic carbocycles. The minimum Gasteiger partial charge on any atom is -0.467 e. The number of carbonyl (C=O) groups excluding carboxylic acids is 3. The SMILES string of the molecule is COC(=O)[C@H](C)N1C(=O)S/C(=C/c2cn(CC#N)c3ccccc23)C1=O. The third-order valence-corrected chi connectivity index (χ3v) is 4.98. The fourth-order valence-electron chi connectivity index (χ4n) is 2.83. The molecule has 2 aromatic rings. The second kappa shape index (κ2) is 7.06. The summed E-state index contributed by atoms with van der Waals surface area (Å²) >= 11 is 0.781. The highest BCUT2D eigenvalue weighted by Gasteiger charge is 2.41. The Morgan fingerprint density at radius 3 is 2.81 bits per heavy atom. The van der Waals surface area contributed by atoms with Crippen molar-refractivity contribution in [2.45, 2.75) is 19.5 Å². The molecule has 1 aromatic heterocycles. The van der Waals surface area contributed by atoms with Crippen LogP contribution in [0.2, 0.25) is 0 Å². The molecule has 0 saturated carbocycles. The van der Waals surface area contributed by atoms with Crippen molar-refractivity contribution in [2.24, 2.45) is 0 Å². The van der Waals surface area contributed by atoms with E-state index in [4.69, 9.17) is 5.26 Å². The topological polar surface area (TPSA) is 92.4 Å². The second-order valence-electron chi connectivity index (χ2n) is 5.64. The quantitative estimate of drug-likeness (QED) is 0.608. The molecule has 0 unspecified atom stereocenters. The molecule has 8 heteroatoms. The zero-order valence-electron chi connectivity index (χ0n) is 14.1. The Bertz CT molecular complexity index is 986. The fraction of sp³-hybridized carbons (Fsp3) is 0.222. The van der Waals surface area contributed by atoms with Gasteiger partial charge in [0.1, 0.15) is 12.6 Å². The number of rotatable bonds is 4. The zero-order chi connectivity index (χ0) is 18.8. The van der Waals surface area contributed by atoms with E-state index >= 15 is 0 Å². The van der Waals surface area contributed by atoms with Crippen LogP contribution in [0.1, 0.15) is 12.5 Å². The van der Waals surface area contributed by atoms with Gasteiger partial charge in [0.2, 0.25) is 0 Å². The number of carbonyl (C=O) groups is 3. The first-order valence-electron chi connectivity index (χ1n) is 7.77. The van der Waals surface area contributed by atoms with Gasteiger partial charge in [-0.25, -0.2) is 4.79 Å². The van der Waals surface area contributed by atoms with Gasteiger partial charge in [0.15, 0.2) is 0 Å². The molecule has 1 aliphatic heterocycles. The number of esters is 1. The molecule has 1 fully saturated rings. The summed E-state index contributed by atoms with van der Waals surface area (Å²) in [5.74, 6) is -1.19. The Kier molecular flexibility index (Phi) is 4.82. The van der Waals surface area contributed by atoms with Gasteiger partial charge >= 0.3 is 5.97 Å². The molecule has 1 atom stereocenters. The molecule has 2 heterocycles. The van der Waals surface area contributed by atoms with Crippen molar-refractivity contribution >= 4 is 45.9 Å². The summed E-state index contributed by atoms with van der Waals surface area (Å²) in [6.07, 6.45) is 3.39. The van der Waals surface area contributed by atoms with E-state index in [-0.39, 0.29) is 11.4 Å². The molecule has 2 amide bonds. The summed E-state index contributed by atoms with van der Waals surface area (Å²) in [4.78, 5) is 37.6. The van der Waals surface area contributed by atoms with E-state index in [1.165, 1.54) is 14.0 Å². The first-order chi connectivity index (χ1) is 12.5. The van der Waals surface area contributed by atoms with Crippen molar-refractivity contribution in [3.63, 3.8) is 0 Å². The van der Waals surface area contributed by atoms with Crippen LogP contribution in [0.15, 0.2) is 35.4 Å². The predicted molar refractivity (Wildman–Crippen MR) is 96.8 cm³/mol. The Balaban J connectivity index is 2.00. The number of aromatic nitrogens is 1. The average Bonchev–Trinajstić information content (AvgIpc) is 3.12. The van der Waals surface area contributed by atoms with Crippen molar-refractivity contribution < 1.29 is 19.1 Å². The largest absolute Gasteiger partial charge is 0.467 e. The summed E-state index contributed by atoms with van der Waals surface area (Å²) in [7, 11) is 1.21. The van der Waals surface area contributed by atoms with Crippen molar-refractivity contribution in [3.05, 3.63) is 40.9 Å². The Morgan fingerprint density at radius 1 is 1.38 bits per heavy atom. The molecule has 1 aromatic carbocycles. The molecule has 1 saturated heterocycles. The molecule has 132 valence electrons. The summed E-state index contributed by atoms with van der Waals surface area (Å²) < 4.78 is 6.40. The van der Waals surface area contributed by atoms with Gasteiger partial charge in [-0.2, -0.15) is 5.26 Å².